The molecule has 1 amide bonds. The molecular formula is C12H11BrN2O2. The van der Waals surface area contributed by atoms with Gasteiger partial charge in [-0.3, -0.25) is 9.69 Å². The Morgan fingerprint density at radius 3 is 3.06 bits per heavy atom. The maximum atomic E-state index is 11.8. The number of terminal acetylenes is 1. The van der Waals surface area contributed by atoms with E-state index in [1.54, 1.807) is 24.3 Å². The lowest BCUT2D eigenvalue weighted by Gasteiger charge is -2.17. The van der Waals surface area contributed by atoms with Crippen LogP contribution in [-0.2, 0) is 4.79 Å². The predicted octanol–water partition coefficient (Wildman–Crippen LogP) is 1.84. The summed E-state index contributed by atoms with van der Waals surface area (Å²) in [5.74, 6) is 3.63. The molecule has 1 aromatic heterocycles. The molecule has 88 valence electrons. The number of rotatable bonds is 2. The first kappa shape index (κ1) is 11.9. The molecule has 1 aliphatic rings. The fraction of sp³-hybridized carbons (Fsp3) is 0.333. The van der Waals surface area contributed by atoms with Crippen LogP contribution in [0, 0.1) is 18.3 Å². The third kappa shape index (κ3) is 2.27. The van der Waals surface area contributed by atoms with Crippen LogP contribution in [0.5, 0.6) is 5.75 Å². The van der Waals surface area contributed by atoms with Gasteiger partial charge in [0.15, 0.2) is 11.6 Å². The number of ether oxygens (including phenoxy) is 1. The Morgan fingerprint density at radius 1 is 1.71 bits per heavy atom. The molecular weight excluding hydrogens is 284 g/mol. The van der Waals surface area contributed by atoms with Crippen molar-refractivity contribution < 1.29 is 9.53 Å². The number of halogens is 1. The lowest BCUT2D eigenvalue weighted by atomic mass is 10.1. The number of methoxy groups -OCH3 is 1. The van der Waals surface area contributed by atoms with E-state index in [0.29, 0.717) is 24.5 Å². The van der Waals surface area contributed by atoms with Gasteiger partial charge in [0, 0.05) is 29.6 Å². The van der Waals surface area contributed by atoms with E-state index in [4.69, 9.17) is 11.2 Å². The zero-order valence-corrected chi connectivity index (χ0v) is 10.9. The summed E-state index contributed by atoms with van der Waals surface area (Å²) in [6.45, 7) is 0.500. The van der Waals surface area contributed by atoms with Gasteiger partial charge < -0.3 is 4.74 Å². The second kappa shape index (κ2) is 4.76. The number of hydrogen-bond acceptors (Lipinski definition) is 3. The van der Waals surface area contributed by atoms with Crippen LogP contribution in [0.1, 0.15) is 6.42 Å². The van der Waals surface area contributed by atoms with E-state index >= 15 is 0 Å². The van der Waals surface area contributed by atoms with Gasteiger partial charge in [0.25, 0.3) is 0 Å². The molecule has 1 unspecified atom stereocenters. The molecule has 1 aliphatic heterocycles. The van der Waals surface area contributed by atoms with E-state index in [9.17, 15) is 4.79 Å². The number of pyridine rings is 1. The smallest absolute Gasteiger partial charge is 0.229 e. The summed E-state index contributed by atoms with van der Waals surface area (Å²) in [7, 11) is 1.55. The fourth-order valence-electron chi connectivity index (χ4n) is 1.79. The summed E-state index contributed by atoms with van der Waals surface area (Å²) >= 11 is 3.31. The molecule has 0 aromatic carbocycles. The van der Waals surface area contributed by atoms with Crippen molar-refractivity contribution >= 4 is 27.7 Å². The van der Waals surface area contributed by atoms with Crippen LogP contribution in [-0.4, -0.2) is 24.5 Å². The molecule has 0 radical (unpaired) electrons. The summed E-state index contributed by atoms with van der Waals surface area (Å²) in [6, 6.07) is 1.78. The Balaban J connectivity index is 2.35. The summed E-state index contributed by atoms with van der Waals surface area (Å²) in [6.07, 6.45) is 7.35. The first-order valence-corrected chi connectivity index (χ1v) is 5.91. The first-order chi connectivity index (χ1) is 8.15. The highest BCUT2D eigenvalue weighted by atomic mass is 79.9. The minimum atomic E-state index is -0.0438. The van der Waals surface area contributed by atoms with Crippen molar-refractivity contribution in [3.63, 3.8) is 0 Å². The Bertz CT molecular complexity index is 496. The lowest BCUT2D eigenvalue weighted by molar-refractivity contribution is -0.117. The topological polar surface area (TPSA) is 42.4 Å². The molecule has 5 heteroatoms. The fourth-order valence-corrected chi connectivity index (χ4v) is 2.10. The Hall–Kier alpha value is -1.54. The van der Waals surface area contributed by atoms with E-state index in [2.05, 4.69) is 26.8 Å². The lowest BCUT2D eigenvalue weighted by Crippen LogP contribution is -2.25. The molecule has 17 heavy (non-hydrogen) atoms. The molecule has 4 nitrogen and oxygen atoms in total. The van der Waals surface area contributed by atoms with Gasteiger partial charge in [-0.25, -0.2) is 4.98 Å². The highest BCUT2D eigenvalue weighted by Crippen LogP contribution is 2.32. The highest BCUT2D eigenvalue weighted by molar-refractivity contribution is 9.10. The average molecular weight is 295 g/mol. The Labute approximate surface area is 108 Å². The number of carbonyl (C=O) groups excluding carboxylic acids is 1. The van der Waals surface area contributed by atoms with E-state index in [-0.39, 0.29) is 11.8 Å². The second-order valence-corrected chi connectivity index (χ2v) is 4.67. The van der Waals surface area contributed by atoms with Gasteiger partial charge >= 0.3 is 0 Å². The average Bonchev–Trinajstić information content (AvgIpc) is 2.70. The van der Waals surface area contributed by atoms with Gasteiger partial charge in [0.05, 0.1) is 7.11 Å². The molecule has 1 atom stereocenters. The normalized spacial score (nSPS) is 19.2. The van der Waals surface area contributed by atoms with Gasteiger partial charge in [0.2, 0.25) is 5.91 Å². The molecule has 2 rings (SSSR count). The van der Waals surface area contributed by atoms with E-state index in [1.807, 2.05) is 0 Å². The van der Waals surface area contributed by atoms with Crippen molar-refractivity contribution in [2.24, 2.45) is 5.92 Å². The van der Waals surface area contributed by atoms with Crippen LogP contribution in [0.4, 0.5) is 5.82 Å². The highest BCUT2D eigenvalue weighted by Gasteiger charge is 2.31. The molecule has 0 spiro atoms. The van der Waals surface area contributed by atoms with Crippen LogP contribution >= 0.6 is 15.9 Å². The Morgan fingerprint density at radius 2 is 2.47 bits per heavy atom. The first-order valence-electron chi connectivity index (χ1n) is 5.11. The summed E-state index contributed by atoms with van der Waals surface area (Å²) in [5, 5.41) is 0. The largest absolute Gasteiger partial charge is 0.493 e. The number of hydrogen-bond donors (Lipinski definition) is 0. The maximum Gasteiger partial charge on any atom is 0.229 e. The number of nitrogens with zero attached hydrogens (tertiary/aromatic N) is 2. The van der Waals surface area contributed by atoms with Gasteiger partial charge in [-0.05, 0) is 22.0 Å². The van der Waals surface area contributed by atoms with Crippen molar-refractivity contribution in [1.29, 1.82) is 0 Å². The number of amides is 1. The minimum absolute atomic E-state index is 0.0129. The van der Waals surface area contributed by atoms with E-state index in [1.165, 1.54) is 0 Å². The zero-order chi connectivity index (χ0) is 12.4. The molecule has 0 N–H and O–H groups in total. The van der Waals surface area contributed by atoms with Crippen molar-refractivity contribution in [1.82, 2.24) is 4.98 Å². The van der Waals surface area contributed by atoms with Gasteiger partial charge in [-0.2, -0.15) is 0 Å². The number of carbonyl (C=O) groups is 1. The van der Waals surface area contributed by atoms with Crippen LogP contribution in [0.2, 0.25) is 0 Å². The van der Waals surface area contributed by atoms with Crippen molar-refractivity contribution in [2.45, 2.75) is 6.42 Å². The molecule has 0 aliphatic carbocycles. The summed E-state index contributed by atoms with van der Waals surface area (Å²) in [4.78, 5) is 17.6. The quantitative estimate of drug-likeness (QED) is 0.782. The van der Waals surface area contributed by atoms with Gasteiger partial charge in [0.1, 0.15) is 0 Å². The standard InChI is InChI=1S/C12H11BrN2O2/c1-3-8-4-11(16)15(7-8)12-10(17-2)5-9(13)6-14-12/h1,5-6,8H,4,7H2,2H3. The second-order valence-electron chi connectivity index (χ2n) is 3.75. The van der Waals surface area contributed by atoms with Gasteiger partial charge in [-0.1, -0.05) is 0 Å². The van der Waals surface area contributed by atoms with Crippen LogP contribution in [0.3, 0.4) is 0 Å². The predicted molar refractivity (Wildman–Crippen MR) is 67.8 cm³/mol. The molecule has 0 saturated carbocycles. The third-order valence-corrected chi connectivity index (χ3v) is 3.07. The van der Waals surface area contributed by atoms with Crippen LogP contribution < -0.4 is 9.64 Å². The molecule has 0 bridgehead atoms. The maximum absolute atomic E-state index is 11.8. The molecule has 2 heterocycles. The Kier molecular flexibility index (Phi) is 3.34. The van der Waals surface area contributed by atoms with Crippen LogP contribution in [0.25, 0.3) is 0 Å². The molecule has 1 saturated heterocycles. The zero-order valence-electron chi connectivity index (χ0n) is 9.31. The number of anilines is 1. The van der Waals surface area contributed by atoms with E-state index < -0.39 is 0 Å². The minimum Gasteiger partial charge on any atom is -0.493 e. The molecule has 1 fully saturated rings. The van der Waals surface area contributed by atoms with E-state index in [0.717, 1.165) is 4.47 Å². The third-order valence-electron chi connectivity index (χ3n) is 2.64. The molecule has 1 aromatic rings. The van der Waals surface area contributed by atoms with Crippen molar-refractivity contribution in [3.8, 4) is 18.1 Å². The number of aromatic nitrogens is 1. The SMILES string of the molecule is C#CC1CC(=O)N(c2ncc(Br)cc2OC)C1. The van der Waals surface area contributed by atoms with Gasteiger partial charge in [-0.15, -0.1) is 12.3 Å². The van der Waals surface area contributed by atoms with Crippen LogP contribution in [0.15, 0.2) is 16.7 Å². The summed E-state index contributed by atoms with van der Waals surface area (Å²) in [5.41, 5.74) is 0. The van der Waals surface area contributed by atoms with Crippen molar-refractivity contribution in [2.75, 3.05) is 18.6 Å². The monoisotopic (exact) mass is 294 g/mol. The summed E-state index contributed by atoms with van der Waals surface area (Å²) < 4.78 is 6.02. The van der Waals surface area contributed by atoms with Crippen molar-refractivity contribution in [3.05, 3.63) is 16.7 Å².